The predicted molar refractivity (Wildman–Crippen MR) is 91.9 cm³/mol. The number of hydrogen-bond donors (Lipinski definition) is 0. The number of fused-ring (bicyclic) bond motifs is 1. The van der Waals surface area contributed by atoms with Crippen molar-refractivity contribution in [2.75, 3.05) is 25.2 Å². The highest BCUT2D eigenvalue weighted by Gasteiger charge is 2.33. The Bertz CT molecular complexity index is 926. The molecule has 3 rings (SSSR count). The van der Waals surface area contributed by atoms with Gasteiger partial charge in [-0.2, -0.15) is 0 Å². The van der Waals surface area contributed by atoms with Gasteiger partial charge in [-0.25, -0.2) is 18.2 Å². The maximum absolute atomic E-state index is 12.1. The van der Waals surface area contributed by atoms with E-state index in [1.165, 1.54) is 11.9 Å². The molecule has 1 aliphatic heterocycles. The summed E-state index contributed by atoms with van der Waals surface area (Å²) >= 11 is 0. The summed E-state index contributed by atoms with van der Waals surface area (Å²) in [4.78, 5) is 29.8. The van der Waals surface area contributed by atoms with E-state index in [2.05, 4.69) is 4.98 Å². The molecule has 132 valence electrons. The van der Waals surface area contributed by atoms with Crippen LogP contribution < -0.4 is 0 Å². The van der Waals surface area contributed by atoms with Crippen molar-refractivity contribution in [1.82, 2.24) is 9.88 Å². The van der Waals surface area contributed by atoms with Crippen molar-refractivity contribution in [3.63, 3.8) is 0 Å². The fraction of sp³-hybridized carbons (Fsp3) is 0.353. The minimum atomic E-state index is -3.08. The Labute approximate surface area is 145 Å². The van der Waals surface area contributed by atoms with E-state index < -0.39 is 28.3 Å². The van der Waals surface area contributed by atoms with Crippen LogP contribution in [0.2, 0.25) is 0 Å². The van der Waals surface area contributed by atoms with Gasteiger partial charge in [0, 0.05) is 18.5 Å². The van der Waals surface area contributed by atoms with Crippen LogP contribution in [0.1, 0.15) is 16.9 Å². The number of carbonyl (C=O) groups excluding carboxylic acids is 2. The lowest BCUT2D eigenvalue weighted by atomic mass is 10.2. The van der Waals surface area contributed by atoms with E-state index in [4.69, 9.17) is 4.74 Å². The molecule has 1 fully saturated rings. The highest BCUT2D eigenvalue weighted by Crippen LogP contribution is 2.17. The second-order valence-corrected chi connectivity index (χ2v) is 8.26. The molecule has 2 heterocycles. The lowest BCUT2D eigenvalue weighted by molar-refractivity contribution is -0.134. The van der Waals surface area contributed by atoms with E-state index in [-0.39, 0.29) is 23.2 Å². The number of nitrogens with zero attached hydrogens (tertiary/aromatic N) is 2. The van der Waals surface area contributed by atoms with Gasteiger partial charge in [0.25, 0.3) is 5.91 Å². The number of hydrogen-bond acceptors (Lipinski definition) is 6. The van der Waals surface area contributed by atoms with Crippen LogP contribution in [0.15, 0.2) is 36.4 Å². The number of aromatic nitrogens is 1. The van der Waals surface area contributed by atoms with Crippen molar-refractivity contribution in [1.29, 1.82) is 0 Å². The molecule has 1 aromatic heterocycles. The first-order valence-corrected chi connectivity index (χ1v) is 9.67. The summed E-state index contributed by atoms with van der Waals surface area (Å²) < 4.78 is 28.0. The van der Waals surface area contributed by atoms with Gasteiger partial charge < -0.3 is 9.64 Å². The lowest BCUT2D eigenvalue weighted by Crippen LogP contribution is -2.40. The lowest BCUT2D eigenvalue weighted by Gasteiger charge is -2.23. The van der Waals surface area contributed by atoms with Gasteiger partial charge in [-0.15, -0.1) is 0 Å². The van der Waals surface area contributed by atoms with Crippen molar-refractivity contribution in [3.8, 4) is 0 Å². The van der Waals surface area contributed by atoms with Gasteiger partial charge in [-0.05, 0) is 18.6 Å². The number of carbonyl (C=O) groups is 2. The zero-order valence-corrected chi connectivity index (χ0v) is 14.5. The maximum Gasteiger partial charge on any atom is 0.357 e. The molecular weight excluding hydrogens is 344 g/mol. The second kappa shape index (κ2) is 6.79. The van der Waals surface area contributed by atoms with E-state index >= 15 is 0 Å². The monoisotopic (exact) mass is 362 g/mol. The molecule has 1 amide bonds. The number of rotatable bonds is 4. The number of sulfone groups is 1. The number of likely N-dealkylation sites (N-methyl/N-ethyl adjacent to an activating group) is 1. The Morgan fingerprint density at radius 2 is 2.00 bits per heavy atom. The highest BCUT2D eigenvalue weighted by atomic mass is 32.2. The van der Waals surface area contributed by atoms with Crippen LogP contribution in [-0.2, 0) is 19.4 Å². The first kappa shape index (κ1) is 17.3. The van der Waals surface area contributed by atoms with Gasteiger partial charge in [0.2, 0.25) is 0 Å². The van der Waals surface area contributed by atoms with Crippen molar-refractivity contribution in [3.05, 3.63) is 42.1 Å². The van der Waals surface area contributed by atoms with Crippen LogP contribution in [0.5, 0.6) is 0 Å². The van der Waals surface area contributed by atoms with Gasteiger partial charge in [0.1, 0.15) is 5.69 Å². The number of para-hydroxylation sites is 1. The third-order valence-corrected chi connectivity index (χ3v) is 6.03. The van der Waals surface area contributed by atoms with Gasteiger partial charge in [-0.1, -0.05) is 24.3 Å². The van der Waals surface area contributed by atoms with Crippen molar-refractivity contribution >= 4 is 32.6 Å². The third-order valence-electron chi connectivity index (χ3n) is 4.28. The Morgan fingerprint density at radius 1 is 1.24 bits per heavy atom. The Balaban J connectivity index is 1.60. The molecule has 0 saturated carbocycles. The van der Waals surface area contributed by atoms with Crippen LogP contribution >= 0.6 is 0 Å². The molecule has 25 heavy (non-hydrogen) atoms. The topological polar surface area (TPSA) is 93.6 Å². The minimum Gasteiger partial charge on any atom is -0.451 e. The molecule has 1 aliphatic rings. The summed E-state index contributed by atoms with van der Waals surface area (Å²) in [6.45, 7) is -0.444. The quantitative estimate of drug-likeness (QED) is 0.755. The largest absolute Gasteiger partial charge is 0.451 e. The molecule has 0 aliphatic carbocycles. The summed E-state index contributed by atoms with van der Waals surface area (Å²) in [5.41, 5.74) is 0.786. The molecule has 0 radical (unpaired) electrons. The Hall–Kier alpha value is -2.48. The smallest absolute Gasteiger partial charge is 0.357 e. The first-order valence-electron chi connectivity index (χ1n) is 7.85. The van der Waals surface area contributed by atoms with Gasteiger partial charge >= 0.3 is 5.97 Å². The molecule has 1 atom stereocenters. The number of amides is 1. The molecule has 0 spiro atoms. The minimum absolute atomic E-state index is 0.0462. The average Bonchev–Trinajstić information content (AvgIpc) is 2.98. The molecule has 0 unspecified atom stereocenters. The SMILES string of the molecule is CN(C(=O)COC(=O)c1ccc2ccccc2n1)[C@H]1CCS(=O)(=O)C1. The van der Waals surface area contributed by atoms with E-state index in [1.54, 1.807) is 18.2 Å². The summed E-state index contributed by atoms with van der Waals surface area (Å²) in [5, 5.41) is 0.900. The predicted octanol–water partition coefficient (Wildman–Crippen LogP) is 1.04. The van der Waals surface area contributed by atoms with Crippen molar-refractivity contribution < 1.29 is 22.7 Å². The van der Waals surface area contributed by atoms with E-state index in [0.717, 1.165) is 5.39 Å². The zero-order valence-electron chi connectivity index (χ0n) is 13.7. The van der Waals surface area contributed by atoms with Crippen LogP contribution in [0.4, 0.5) is 0 Å². The van der Waals surface area contributed by atoms with E-state index in [1.807, 2.05) is 18.2 Å². The molecule has 0 N–H and O–H groups in total. The zero-order chi connectivity index (χ0) is 18.0. The van der Waals surface area contributed by atoms with E-state index in [0.29, 0.717) is 11.9 Å². The number of benzene rings is 1. The fourth-order valence-corrected chi connectivity index (χ4v) is 4.54. The molecule has 2 aromatic rings. The van der Waals surface area contributed by atoms with Crippen LogP contribution in [0.25, 0.3) is 10.9 Å². The van der Waals surface area contributed by atoms with Crippen molar-refractivity contribution in [2.24, 2.45) is 0 Å². The van der Waals surface area contributed by atoms with Gasteiger partial charge in [-0.3, -0.25) is 4.79 Å². The standard InChI is InChI=1S/C17H18N2O5S/c1-19(13-8-9-25(22,23)11-13)16(20)10-24-17(21)15-7-6-12-4-2-3-5-14(12)18-15/h2-7,13H,8-11H2,1H3/t13-/m0/s1. The number of ether oxygens (including phenoxy) is 1. The summed E-state index contributed by atoms with van der Waals surface area (Å²) in [5.74, 6) is -1.09. The van der Waals surface area contributed by atoms with Crippen molar-refractivity contribution in [2.45, 2.75) is 12.5 Å². The Morgan fingerprint density at radius 3 is 2.72 bits per heavy atom. The normalized spacial score (nSPS) is 18.8. The average molecular weight is 362 g/mol. The highest BCUT2D eigenvalue weighted by molar-refractivity contribution is 7.91. The maximum atomic E-state index is 12.1. The summed E-state index contributed by atoms with van der Waals surface area (Å²) in [7, 11) is -1.56. The molecular formula is C17H18N2O5S. The van der Waals surface area contributed by atoms with E-state index in [9.17, 15) is 18.0 Å². The number of pyridine rings is 1. The summed E-state index contributed by atoms with van der Waals surface area (Å²) in [6, 6.07) is 10.3. The molecule has 7 nitrogen and oxygen atoms in total. The van der Waals surface area contributed by atoms with Gasteiger partial charge in [0.05, 0.1) is 17.0 Å². The van der Waals surface area contributed by atoms with Crippen LogP contribution in [0.3, 0.4) is 0 Å². The summed E-state index contributed by atoms with van der Waals surface area (Å²) in [6.07, 6.45) is 0.407. The van der Waals surface area contributed by atoms with Gasteiger partial charge in [0.15, 0.2) is 16.4 Å². The van der Waals surface area contributed by atoms with Crippen LogP contribution in [0, 0.1) is 0 Å². The third kappa shape index (κ3) is 3.96. The second-order valence-electron chi connectivity index (χ2n) is 6.03. The molecule has 1 saturated heterocycles. The molecule has 0 bridgehead atoms. The Kier molecular flexibility index (Phi) is 4.71. The number of esters is 1. The molecule has 8 heteroatoms. The first-order chi connectivity index (χ1) is 11.9. The van der Waals surface area contributed by atoms with Crippen LogP contribution in [-0.4, -0.2) is 61.4 Å². The fourth-order valence-electron chi connectivity index (χ4n) is 2.77. The molecule has 1 aromatic carbocycles.